The third-order valence-electron chi connectivity index (χ3n) is 1.50. The van der Waals surface area contributed by atoms with E-state index in [1.807, 2.05) is 0 Å². The molecular formula is C8H6O2S2. The number of benzene rings is 1. The van der Waals surface area contributed by atoms with Crippen LogP contribution in [0.15, 0.2) is 32.7 Å². The maximum Gasteiger partial charge on any atom is 0.130 e. The quantitative estimate of drug-likeness (QED) is 0.629. The van der Waals surface area contributed by atoms with Gasteiger partial charge in [-0.05, 0) is 12.1 Å². The summed E-state index contributed by atoms with van der Waals surface area (Å²) in [6.45, 7) is 3.75. The molecule has 12 heavy (non-hydrogen) atoms. The predicted molar refractivity (Wildman–Crippen MR) is 50.6 cm³/mol. The summed E-state index contributed by atoms with van der Waals surface area (Å²) in [5, 5.41) is 18.8. The van der Waals surface area contributed by atoms with Crippen molar-refractivity contribution in [3.8, 4) is 11.5 Å². The minimum Gasteiger partial charge on any atom is -0.507 e. The highest BCUT2D eigenvalue weighted by atomic mass is 32.2. The molecule has 0 aromatic heterocycles. The molecule has 1 aliphatic rings. The molecule has 2 rings (SSSR count). The van der Waals surface area contributed by atoms with E-state index < -0.39 is 0 Å². The normalized spacial score (nSPS) is 14.8. The first kappa shape index (κ1) is 7.89. The number of hydrogen-bond donors (Lipinski definition) is 2. The van der Waals surface area contributed by atoms with Crippen molar-refractivity contribution < 1.29 is 10.2 Å². The Morgan fingerprint density at radius 2 is 1.42 bits per heavy atom. The molecule has 0 aliphatic carbocycles. The number of aromatic hydroxyl groups is 2. The third-order valence-corrected chi connectivity index (χ3v) is 3.82. The Kier molecular flexibility index (Phi) is 1.73. The van der Waals surface area contributed by atoms with Crippen molar-refractivity contribution in [2.45, 2.75) is 9.79 Å². The maximum absolute atomic E-state index is 9.39. The predicted octanol–water partition coefficient (Wildman–Crippen LogP) is 2.77. The average Bonchev–Trinajstić information content (AvgIpc) is 2.41. The number of thioether (sulfide) groups is 2. The lowest BCUT2D eigenvalue weighted by molar-refractivity contribution is 0.436. The molecule has 1 aromatic carbocycles. The first-order chi connectivity index (χ1) is 5.68. The lowest BCUT2D eigenvalue weighted by Gasteiger charge is -2.00. The van der Waals surface area contributed by atoms with Gasteiger partial charge in [-0.1, -0.05) is 30.1 Å². The molecule has 62 valence electrons. The monoisotopic (exact) mass is 198 g/mol. The fraction of sp³-hybridized carbons (Fsp3) is 0. The zero-order chi connectivity index (χ0) is 8.72. The lowest BCUT2D eigenvalue weighted by Crippen LogP contribution is -1.73. The van der Waals surface area contributed by atoms with Crippen LogP contribution in [0.25, 0.3) is 0 Å². The van der Waals surface area contributed by atoms with Gasteiger partial charge in [0.25, 0.3) is 0 Å². The summed E-state index contributed by atoms with van der Waals surface area (Å²) in [7, 11) is 0. The van der Waals surface area contributed by atoms with Crippen molar-refractivity contribution in [1.82, 2.24) is 0 Å². The molecule has 4 heteroatoms. The van der Waals surface area contributed by atoms with Gasteiger partial charge in [-0.15, -0.1) is 0 Å². The first-order valence-electron chi connectivity index (χ1n) is 3.28. The van der Waals surface area contributed by atoms with Crippen molar-refractivity contribution in [2.24, 2.45) is 0 Å². The largest absolute Gasteiger partial charge is 0.507 e. The Bertz CT molecular complexity index is 327. The highest BCUT2D eigenvalue weighted by molar-refractivity contribution is 8.24. The van der Waals surface area contributed by atoms with Crippen LogP contribution in [-0.2, 0) is 0 Å². The molecule has 0 radical (unpaired) electrons. The summed E-state index contributed by atoms with van der Waals surface area (Å²) in [4.78, 5) is 1.43. The first-order valence-corrected chi connectivity index (χ1v) is 4.91. The van der Waals surface area contributed by atoms with Crippen LogP contribution in [0, 0.1) is 0 Å². The minimum absolute atomic E-state index is 0.207. The SMILES string of the molecule is C=C1Sc2c(O)ccc(O)c2S1. The van der Waals surface area contributed by atoms with Gasteiger partial charge in [0.1, 0.15) is 11.5 Å². The van der Waals surface area contributed by atoms with Crippen LogP contribution in [0.5, 0.6) is 11.5 Å². The van der Waals surface area contributed by atoms with Crippen LogP contribution < -0.4 is 0 Å². The lowest BCUT2D eigenvalue weighted by atomic mass is 10.3. The molecule has 0 saturated carbocycles. The Hall–Kier alpha value is -0.740. The summed E-state index contributed by atoms with van der Waals surface area (Å²) in [6, 6.07) is 2.97. The molecule has 0 atom stereocenters. The molecule has 1 aromatic rings. The minimum atomic E-state index is 0.207. The van der Waals surface area contributed by atoms with Gasteiger partial charge in [0.15, 0.2) is 0 Å². The van der Waals surface area contributed by atoms with Crippen molar-refractivity contribution in [3.05, 3.63) is 22.9 Å². The van der Waals surface area contributed by atoms with E-state index in [-0.39, 0.29) is 11.5 Å². The van der Waals surface area contributed by atoms with Crippen molar-refractivity contribution in [3.63, 3.8) is 0 Å². The van der Waals surface area contributed by atoms with Gasteiger partial charge in [0, 0.05) is 4.24 Å². The van der Waals surface area contributed by atoms with Crippen LogP contribution in [0.1, 0.15) is 0 Å². The highest BCUT2D eigenvalue weighted by Gasteiger charge is 2.22. The summed E-state index contributed by atoms with van der Waals surface area (Å²) < 4.78 is 0.877. The van der Waals surface area contributed by atoms with Gasteiger partial charge in [-0.2, -0.15) is 0 Å². The third kappa shape index (κ3) is 1.07. The standard InChI is InChI=1S/C8H6O2S2/c1-4-11-7-5(9)2-3-6(10)8(7)12-4/h2-3,9-10H,1H2. The Morgan fingerprint density at radius 1 is 1.00 bits per heavy atom. The Labute approximate surface area is 78.3 Å². The van der Waals surface area contributed by atoms with Crippen molar-refractivity contribution in [2.75, 3.05) is 0 Å². The Morgan fingerprint density at radius 3 is 1.83 bits per heavy atom. The Balaban J connectivity index is 2.64. The molecule has 0 bridgehead atoms. The smallest absolute Gasteiger partial charge is 0.130 e. The fourth-order valence-electron chi connectivity index (χ4n) is 0.988. The number of phenolic OH excluding ortho intramolecular Hbond substituents is 2. The van der Waals surface area contributed by atoms with Crippen LogP contribution >= 0.6 is 23.5 Å². The van der Waals surface area contributed by atoms with Crippen molar-refractivity contribution in [1.29, 1.82) is 0 Å². The molecule has 2 N–H and O–H groups in total. The van der Waals surface area contributed by atoms with Gasteiger partial charge >= 0.3 is 0 Å². The molecule has 0 fully saturated rings. The molecule has 0 amide bonds. The van der Waals surface area contributed by atoms with E-state index in [2.05, 4.69) is 6.58 Å². The van der Waals surface area contributed by atoms with Crippen LogP contribution in [0.2, 0.25) is 0 Å². The van der Waals surface area contributed by atoms with Gasteiger partial charge < -0.3 is 10.2 Å². The van der Waals surface area contributed by atoms with Crippen molar-refractivity contribution >= 4 is 23.5 Å². The van der Waals surface area contributed by atoms with Gasteiger partial charge in [-0.25, -0.2) is 0 Å². The molecule has 0 saturated heterocycles. The van der Waals surface area contributed by atoms with E-state index in [1.54, 1.807) is 0 Å². The van der Waals surface area contributed by atoms with Gasteiger partial charge in [-0.3, -0.25) is 0 Å². The van der Waals surface area contributed by atoms with Gasteiger partial charge in [0.05, 0.1) is 9.79 Å². The molecule has 1 heterocycles. The van der Waals surface area contributed by atoms with E-state index in [4.69, 9.17) is 0 Å². The fourth-order valence-corrected chi connectivity index (χ4v) is 3.10. The van der Waals surface area contributed by atoms with Crippen LogP contribution in [-0.4, -0.2) is 10.2 Å². The second kappa shape index (κ2) is 2.64. The second-order valence-corrected chi connectivity index (χ2v) is 4.81. The second-order valence-electron chi connectivity index (χ2n) is 2.34. The maximum atomic E-state index is 9.39. The molecule has 2 nitrogen and oxygen atoms in total. The highest BCUT2D eigenvalue weighted by Crippen LogP contribution is 2.56. The van der Waals surface area contributed by atoms with Crippen LogP contribution in [0.3, 0.4) is 0 Å². The molecule has 1 aliphatic heterocycles. The molecular weight excluding hydrogens is 192 g/mol. The number of fused-ring (bicyclic) bond motifs is 1. The van der Waals surface area contributed by atoms with Gasteiger partial charge in [0.2, 0.25) is 0 Å². The van der Waals surface area contributed by atoms with E-state index in [0.717, 1.165) is 4.24 Å². The summed E-state index contributed by atoms with van der Waals surface area (Å²) in [5.74, 6) is 0.415. The van der Waals surface area contributed by atoms with E-state index in [1.165, 1.54) is 35.7 Å². The van der Waals surface area contributed by atoms with Crippen LogP contribution in [0.4, 0.5) is 0 Å². The van der Waals surface area contributed by atoms with E-state index in [0.29, 0.717) is 9.79 Å². The molecule has 0 unspecified atom stereocenters. The summed E-state index contributed by atoms with van der Waals surface area (Å²) in [6.07, 6.45) is 0. The zero-order valence-corrected chi connectivity index (χ0v) is 7.71. The number of hydrogen-bond acceptors (Lipinski definition) is 4. The average molecular weight is 198 g/mol. The molecule has 0 spiro atoms. The summed E-state index contributed by atoms with van der Waals surface area (Å²) >= 11 is 2.78. The number of rotatable bonds is 0. The van der Waals surface area contributed by atoms with E-state index >= 15 is 0 Å². The summed E-state index contributed by atoms with van der Waals surface area (Å²) in [5.41, 5.74) is 0. The van der Waals surface area contributed by atoms with E-state index in [9.17, 15) is 10.2 Å². The topological polar surface area (TPSA) is 40.5 Å². The zero-order valence-electron chi connectivity index (χ0n) is 6.07. The number of phenols is 2.